The molecule has 2 aliphatic carbocycles. The Hall–Kier alpha value is -5.22. The van der Waals surface area contributed by atoms with Gasteiger partial charge < -0.3 is 9.47 Å². The van der Waals surface area contributed by atoms with Gasteiger partial charge in [0.1, 0.15) is 11.5 Å². The van der Waals surface area contributed by atoms with Gasteiger partial charge in [-0.15, -0.1) is 0 Å². The highest BCUT2D eigenvalue weighted by atomic mass is 16.5. The fourth-order valence-corrected chi connectivity index (χ4v) is 9.50. The predicted octanol–water partition coefficient (Wildman–Crippen LogP) is 13.2. The summed E-state index contributed by atoms with van der Waals surface area (Å²) in [5.41, 5.74) is 3.73. The van der Waals surface area contributed by atoms with Crippen LogP contribution in [0.25, 0.3) is 43.1 Å². The highest BCUT2D eigenvalue weighted by Crippen LogP contribution is 2.43. The largest absolute Gasteiger partial charge is 0.423 e. The van der Waals surface area contributed by atoms with Gasteiger partial charge in [0.15, 0.2) is 0 Å². The summed E-state index contributed by atoms with van der Waals surface area (Å²) in [5.74, 6) is 3.23. The van der Waals surface area contributed by atoms with E-state index < -0.39 is 0 Å². The molecular weight excluding hydrogens is 653 g/mol. The molecule has 4 heteroatoms. The van der Waals surface area contributed by atoms with Gasteiger partial charge in [-0.1, -0.05) is 106 Å². The minimum atomic E-state index is -0.369. The van der Waals surface area contributed by atoms with Crippen LogP contribution >= 0.6 is 0 Å². The van der Waals surface area contributed by atoms with Gasteiger partial charge in [0.2, 0.25) is 0 Å². The first kappa shape index (κ1) is 33.6. The van der Waals surface area contributed by atoms with E-state index >= 15 is 0 Å². The minimum absolute atomic E-state index is 0.367. The van der Waals surface area contributed by atoms with Crippen molar-refractivity contribution in [1.82, 2.24) is 0 Å². The molecule has 2 aliphatic rings. The molecule has 0 aliphatic heterocycles. The van der Waals surface area contributed by atoms with Gasteiger partial charge in [0.05, 0.1) is 11.1 Å². The lowest BCUT2D eigenvalue weighted by Crippen LogP contribution is -2.13. The maximum atomic E-state index is 13.8. The summed E-state index contributed by atoms with van der Waals surface area (Å²) in [7, 11) is 0. The SMILES string of the molecule is CCC1CCC(c2ccc(OC(=O)c3ccc4c5cccc6c(C(=O)Oc7ccc(C8CCC(C)CC8)cc7)ccc(c7cccc3c74)c65)cc2)CC1. The Kier molecular flexibility index (Phi) is 8.86. The van der Waals surface area contributed by atoms with Crippen LogP contribution in [0.5, 0.6) is 11.5 Å². The van der Waals surface area contributed by atoms with Crippen LogP contribution in [0.1, 0.15) is 115 Å². The van der Waals surface area contributed by atoms with Crippen molar-refractivity contribution in [2.45, 2.75) is 83.5 Å². The molecule has 4 nitrogen and oxygen atoms in total. The highest BCUT2D eigenvalue weighted by Gasteiger charge is 2.24. The molecule has 0 unspecified atom stereocenters. The second-order valence-corrected chi connectivity index (χ2v) is 15.8. The summed E-state index contributed by atoms with van der Waals surface area (Å²) < 4.78 is 12.0. The van der Waals surface area contributed by atoms with Gasteiger partial charge in [-0.2, -0.15) is 0 Å². The Balaban J connectivity index is 0.999. The lowest BCUT2D eigenvalue weighted by molar-refractivity contribution is 0.0727. The number of rotatable bonds is 7. The van der Waals surface area contributed by atoms with Gasteiger partial charge in [-0.3, -0.25) is 0 Å². The number of esters is 2. The zero-order valence-electron chi connectivity index (χ0n) is 30.7. The molecule has 2 saturated carbocycles. The lowest BCUT2D eigenvalue weighted by atomic mass is 9.78. The number of carbonyl (C=O) groups excluding carboxylic acids is 2. The van der Waals surface area contributed by atoms with E-state index in [1.54, 1.807) is 0 Å². The molecular formula is C49H46O4. The molecule has 0 saturated heterocycles. The zero-order chi connectivity index (χ0) is 36.1. The Labute approximate surface area is 311 Å². The standard InChI is InChI=1S/C49H46O4/c1-3-31-12-16-33(17-13-31)35-20-24-37(25-21-35)53-49(51)45-29-27-43-38-6-4-8-40-44(28-26-42(46(38)40)39-7-5-9-41(45)47(39)43)48(50)52-36-22-18-34(19-23-36)32-14-10-30(2)11-15-32/h4-9,18-33H,3,10-17H2,1-2H3. The van der Waals surface area contributed by atoms with Crippen molar-refractivity contribution in [3.63, 3.8) is 0 Å². The van der Waals surface area contributed by atoms with Crippen molar-refractivity contribution in [2.24, 2.45) is 11.8 Å². The van der Waals surface area contributed by atoms with E-state index in [2.05, 4.69) is 50.2 Å². The smallest absolute Gasteiger partial charge is 0.344 e. The molecule has 0 atom stereocenters. The third-order valence-corrected chi connectivity index (χ3v) is 12.7. The van der Waals surface area contributed by atoms with Gasteiger partial charge in [0.25, 0.3) is 0 Å². The number of hydrogen-bond acceptors (Lipinski definition) is 4. The van der Waals surface area contributed by atoms with Crippen LogP contribution in [0.2, 0.25) is 0 Å². The maximum Gasteiger partial charge on any atom is 0.344 e. The number of ether oxygens (including phenoxy) is 2. The van der Waals surface area contributed by atoms with E-state index in [4.69, 9.17) is 9.47 Å². The summed E-state index contributed by atoms with van der Waals surface area (Å²) in [6, 6.07) is 36.3. The van der Waals surface area contributed by atoms with Crippen LogP contribution in [-0.2, 0) is 0 Å². The van der Waals surface area contributed by atoms with Crippen LogP contribution in [0.15, 0.2) is 109 Å². The van der Waals surface area contributed by atoms with Crippen molar-refractivity contribution in [3.8, 4) is 11.5 Å². The molecule has 0 amide bonds. The molecule has 0 N–H and O–H groups in total. The molecule has 0 spiro atoms. The van der Waals surface area contributed by atoms with Gasteiger partial charge in [-0.05, 0) is 153 Å². The summed E-state index contributed by atoms with van der Waals surface area (Å²) in [6.07, 6.45) is 11.3. The zero-order valence-corrected chi connectivity index (χ0v) is 30.7. The first-order chi connectivity index (χ1) is 25.9. The highest BCUT2D eigenvalue weighted by molar-refractivity contribution is 6.35. The van der Waals surface area contributed by atoms with Crippen LogP contribution in [-0.4, -0.2) is 11.9 Å². The number of fused-ring (bicyclic) bond motifs is 2. The Morgan fingerprint density at radius 1 is 0.491 bits per heavy atom. The normalized spacial score (nSPS) is 20.6. The van der Waals surface area contributed by atoms with Crippen molar-refractivity contribution in [1.29, 1.82) is 0 Å². The molecule has 0 aromatic heterocycles. The van der Waals surface area contributed by atoms with Gasteiger partial charge in [-0.25, -0.2) is 9.59 Å². The Bertz CT molecular complexity index is 2420. The fourth-order valence-electron chi connectivity index (χ4n) is 9.50. The first-order valence-electron chi connectivity index (χ1n) is 19.7. The third-order valence-electron chi connectivity index (χ3n) is 12.7. The van der Waals surface area contributed by atoms with Crippen LogP contribution < -0.4 is 9.47 Å². The first-order valence-corrected chi connectivity index (χ1v) is 19.7. The van der Waals surface area contributed by atoms with Crippen molar-refractivity contribution < 1.29 is 19.1 Å². The van der Waals surface area contributed by atoms with E-state index in [0.717, 1.165) is 54.9 Å². The molecule has 266 valence electrons. The van der Waals surface area contributed by atoms with Crippen molar-refractivity contribution in [2.75, 3.05) is 0 Å². The summed E-state index contributed by atoms with van der Waals surface area (Å²) >= 11 is 0. The molecule has 2 fully saturated rings. The molecule has 0 bridgehead atoms. The minimum Gasteiger partial charge on any atom is -0.423 e. The monoisotopic (exact) mass is 698 g/mol. The molecule has 53 heavy (non-hydrogen) atoms. The molecule has 0 radical (unpaired) electrons. The van der Waals surface area contributed by atoms with Crippen molar-refractivity contribution >= 4 is 55.0 Å². The fraction of sp³-hybridized carbons (Fsp3) is 0.306. The lowest BCUT2D eigenvalue weighted by Gasteiger charge is -2.28. The van der Waals surface area contributed by atoms with Crippen molar-refractivity contribution in [3.05, 3.63) is 131 Å². The van der Waals surface area contributed by atoms with Gasteiger partial charge >= 0.3 is 11.9 Å². The Morgan fingerprint density at radius 3 is 1.32 bits per heavy atom. The maximum absolute atomic E-state index is 13.8. The third kappa shape index (κ3) is 6.22. The number of hydrogen-bond donors (Lipinski definition) is 0. The average Bonchev–Trinajstić information content (AvgIpc) is 3.20. The Morgan fingerprint density at radius 2 is 0.887 bits per heavy atom. The number of benzene rings is 7. The van der Waals surface area contributed by atoms with E-state index in [-0.39, 0.29) is 11.9 Å². The van der Waals surface area contributed by atoms with Crippen LogP contribution in [0, 0.1) is 11.8 Å². The van der Waals surface area contributed by atoms with Crippen LogP contribution in [0.3, 0.4) is 0 Å². The van der Waals surface area contributed by atoms with Gasteiger partial charge in [0, 0.05) is 0 Å². The average molecular weight is 699 g/mol. The number of carbonyl (C=O) groups is 2. The molecule has 7 aromatic carbocycles. The molecule has 9 rings (SSSR count). The van der Waals surface area contributed by atoms with E-state index in [1.807, 2.05) is 72.8 Å². The predicted molar refractivity (Wildman–Crippen MR) is 216 cm³/mol. The van der Waals surface area contributed by atoms with Crippen LogP contribution in [0.4, 0.5) is 0 Å². The summed E-state index contributed by atoms with van der Waals surface area (Å²) in [4.78, 5) is 27.5. The summed E-state index contributed by atoms with van der Waals surface area (Å²) in [5, 5.41) is 7.87. The van der Waals surface area contributed by atoms with E-state index in [9.17, 15) is 9.59 Å². The quantitative estimate of drug-likeness (QED) is 0.0720. The van der Waals surface area contributed by atoms with E-state index in [1.165, 1.54) is 68.9 Å². The molecule has 0 heterocycles. The topological polar surface area (TPSA) is 52.6 Å². The molecule has 7 aromatic rings. The van der Waals surface area contributed by atoms with E-state index in [0.29, 0.717) is 34.5 Å². The second-order valence-electron chi connectivity index (χ2n) is 15.8. The summed E-state index contributed by atoms with van der Waals surface area (Å²) in [6.45, 7) is 4.64. The second kappa shape index (κ2) is 14.0.